The third-order valence-corrected chi connectivity index (χ3v) is 20.5. The quantitative estimate of drug-likeness (QED) is 0.167. The molecule has 0 unspecified atom stereocenters. The molecule has 18 rings (SSSR count). The lowest BCUT2D eigenvalue weighted by Gasteiger charge is -2.22. The van der Waals surface area contributed by atoms with Gasteiger partial charge in [-0.2, -0.15) is 0 Å². The fraction of sp³-hybridized carbons (Fsp3) is 0.0732. The molecule has 0 atom stereocenters. The number of halogens is 3. The van der Waals surface area contributed by atoms with Crippen molar-refractivity contribution in [2.75, 3.05) is 0 Å². The Bertz CT molecular complexity index is 5450. The van der Waals surface area contributed by atoms with Crippen LogP contribution in [0.1, 0.15) is 49.9 Å². The van der Waals surface area contributed by atoms with E-state index in [1.54, 1.807) is 0 Å². The summed E-state index contributed by atoms with van der Waals surface area (Å²) >= 11 is 9.73. The van der Waals surface area contributed by atoms with Crippen LogP contribution in [0.5, 0.6) is 0 Å². The van der Waals surface area contributed by atoms with Crippen molar-refractivity contribution in [1.29, 1.82) is 0 Å². The van der Waals surface area contributed by atoms with E-state index in [1.807, 2.05) is 6.07 Å². The molecular formula is C82H59Br2IN4. The second-order valence-electron chi connectivity index (χ2n) is 24.6. The molecule has 4 nitrogen and oxygen atoms in total. The first-order valence-corrected chi connectivity index (χ1v) is 32.9. The summed E-state index contributed by atoms with van der Waals surface area (Å²) in [7, 11) is 0. The molecule has 7 heteroatoms. The average molecular weight is 1390 g/mol. The number of H-pyrrole nitrogens is 1. The summed E-state index contributed by atoms with van der Waals surface area (Å²) in [4.78, 5) is 3.61. The summed E-state index contributed by atoms with van der Waals surface area (Å²) < 4.78 is 10.5. The highest BCUT2D eigenvalue weighted by molar-refractivity contribution is 14.1. The van der Waals surface area contributed by atoms with E-state index in [2.05, 4.69) is 374 Å². The number of hydrogen-bond donors (Lipinski definition) is 1. The summed E-state index contributed by atoms with van der Waals surface area (Å²) in [5, 5.41) is 7.49. The highest BCUT2D eigenvalue weighted by atomic mass is 127. The average Bonchev–Trinajstić information content (AvgIpc) is 1.61. The smallest absolute Gasteiger partial charge is 0.0635 e. The van der Waals surface area contributed by atoms with Crippen LogP contribution < -0.4 is 0 Å². The molecule has 0 bridgehead atoms. The van der Waals surface area contributed by atoms with Gasteiger partial charge in [0, 0.05) is 90.6 Å². The number of rotatable bonds is 5. The van der Waals surface area contributed by atoms with E-state index in [-0.39, 0.29) is 10.8 Å². The normalized spacial score (nSPS) is 13.3. The molecule has 4 heterocycles. The highest BCUT2D eigenvalue weighted by Crippen LogP contribution is 2.51. The molecule has 0 saturated carbocycles. The largest absolute Gasteiger partial charge is 0.354 e. The van der Waals surface area contributed by atoms with Crippen molar-refractivity contribution >= 4 is 120 Å². The Labute approximate surface area is 548 Å². The summed E-state index contributed by atoms with van der Waals surface area (Å²) in [5.74, 6) is 0. The van der Waals surface area contributed by atoms with E-state index in [9.17, 15) is 0 Å². The second-order valence-corrected chi connectivity index (χ2v) is 27.7. The van der Waals surface area contributed by atoms with Gasteiger partial charge in [0.2, 0.25) is 0 Å². The van der Waals surface area contributed by atoms with Gasteiger partial charge in [-0.25, -0.2) is 0 Å². The maximum atomic E-state index is 3.75. The Hall–Kier alpha value is -8.99. The van der Waals surface area contributed by atoms with Gasteiger partial charge in [-0.1, -0.05) is 217 Å². The van der Waals surface area contributed by atoms with Crippen molar-refractivity contribution in [2.45, 2.75) is 38.5 Å². The van der Waals surface area contributed by atoms with Gasteiger partial charge in [0.15, 0.2) is 0 Å². The Balaban J connectivity index is 0.000000120. The van der Waals surface area contributed by atoms with Gasteiger partial charge < -0.3 is 18.7 Å². The molecule has 89 heavy (non-hydrogen) atoms. The molecular weight excluding hydrogens is 1330 g/mol. The molecule has 2 aliphatic rings. The van der Waals surface area contributed by atoms with Crippen LogP contribution in [0.3, 0.4) is 0 Å². The number of fused-ring (bicyclic) bond motifs is 16. The van der Waals surface area contributed by atoms with Crippen molar-refractivity contribution in [2.24, 2.45) is 0 Å². The van der Waals surface area contributed by atoms with Crippen molar-refractivity contribution < 1.29 is 0 Å². The third-order valence-electron chi connectivity index (χ3n) is 18.8. The lowest BCUT2D eigenvalue weighted by atomic mass is 9.82. The van der Waals surface area contributed by atoms with Crippen LogP contribution in [-0.4, -0.2) is 18.7 Å². The third kappa shape index (κ3) is 9.25. The summed E-state index contributed by atoms with van der Waals surface area (Å²) in [5.41, 5.74) is 26.9. The van der Waals surface area contributed by atoms with Gasteiger partial charge in [0.05, 0.1) is 27.6 Å². The van der Waals surface area contributed by atoms with Crippen LogP contribution in [-0.2, 0) is 10.8 Å². The predicted octanol–water partition coefficient (Wildman–Crippen LogP) is 23.8. The summed E-state index contributed by atoms with van der Waals surface area (Å²) in [6.07, 6.45) is 4.37. The molecule has 2 aliphatic carbocycles. The zero-order valence-electron chi connectivity index (χ0n) is 49.5. The summed E-state index contributed by atoms with van der Waals surface area (Å²) in [6.45, 7) is 9.33. The van der Waals surface area contributed by atoms with Crippen molar-refractivity contribution in [3.8, 4) is 61.6 Å². The lowest BCUT2D eigenvalue weighted by Crippen LogP contribution is -2.15. The maximum Gasteiger partial charge on any atom is 0.0635 e. The fourth-order valence-electron chi connectivity index (χ4n) is 14.4. The molecule has 1 N–H and O–H groups in total. The minimum absolute atomic E-state index is 0.0612. The van der Waals surface area contributed by atoms with Crippen molar-refractivity contribution in [1.82, 2.24) is 18.7 Å². The van der Waals surface area contributed by atoms with Gasteiger partial charge in [-0.15, -0.1) is 0 Å². The van der Waals surface area contributed by atoms with Gasteiger partial charge in [0.1, 0.15) is 0 Å². The number of aromatic nitrogens is 4. The molecule has 0 fully saturated rings. The molecule has 0 saturated heterocycles. The van der Waals surface area contributed by atoms with E-state index in [0.717, 1.165) is 25.8 Å². The molecule has 4 aromatic heterocycles. The van der Waals surface area contributed by atoms with Crippen molar-refractivity contribution in [3.05, 3.63) is 314 Å². The second kappa shape index (κ2) is 21.7. The minimum Gasteiger partial charge on any atom is -0.354 e. The van der Waals surface area contributed by atoms with Crippen LogP contribution >= 0.6 is 54.5 Å². The molecule has 0 spiro atoms. The molecule has 0 amide bonds. The number of aromatic amines is 1. The molecule has 16 aromatic rings. The number of nitrogens with one attached hydrogen (secondary N) is 1. The van der Waals surface area contributed by atoms with E-state index in [0.29, 0.717) is 0 Å². The molecule has 428 valence electrons. The van der Waals surface area contributed by atoms with Crippen LogP contribution in [0.15, 0.2) is 288 Å². The molecule has 0 radical (unpaired) electrons. The Morgan fingerprint density at radius 1 is 0.337 bits per heavy atom. The topological polar surface area (TPSA) is 30.6 Å². The molecule has 0 aliphatic heterocycles. The van der Waals surface area contributed by atoms with Gasteiger partial charge in [-0.3, -0.25) is 0 Å². The van der Waals surface area contributed by atoms with E-state index in [4.69, 9.17) is 0 Å². The van der Waals surface area contributed by atoms with Gasteiger partial charge >= 0.3 is 0 Å². The zero-order chi connectivity index (χ0) is 60.3. The lowest BCUT2D eigenvalue weighted by molar-refractivity contribution is 0.660. The Morgan fingerprint density at radius 3 is 1.40 bits per heavy atom. The zero-order valence-corrected chi connectivity index (χ0v) is 54.9. The first-order chi connectivity index (χ1) is 43.4. The number of benzene rings is 12. The van der Waals surface area contributed by atoms with Crippen LogP contribution in [0.4, 0.5) is 0 Å². The van der Waals surface area contributed by atoms with Crippen LogP contribution in [0, 0.1) is 3.57 Å². The van der Waals surface area contributed by atoms with Crippen LogP contribution in [0.2, 0.25) is 0 Å². The molecule has 12 aromatic carbocycles. The fourth-order valence-corrected chi connectivity index (χ4v) is 15.6. The van der Waals surface area contributed by atoms with Gasteiger partial charge in [0.25, 0.3) is 0 Å². The number of hydrogen-bond acceptors (Lipinski definition) is 0. The maximum absolute atomic E-state index is 3.75. The minimum atomic E-state index is -0.0612. The Morgan fingerprint density at radius 2 is 0.798 bits per heavy atom. The first kappa shape index (κ1) is 55.3. The first-order valence-electron chi connectivity index (χ1n) is 30.3. The van der Waals surface area contributed by atoms with E-state index < -0.39 is 0 Å². The van der Waals surface area contributed by atoms with Crippen LogP contribution in [0.25, 0.3) is 127 Å². The predicted molar refractivity (Wildman–Crippen MR) is 391 cm³/mol. The Kier molecular flexibility index (Phi) is 13.5. The van der Waals surface area contributed by atoms with Crippen molar-refractivity contribution in [3.63, 3.8) is 0 Å². The number of nitrogens with zero attached hydrogens (tertiary/aromatic N) is 3. The monoisotopic (exact) mass is 1380 g/mol. The van der Waals surface area contributed by atoms with Gasteiger partial charge in [-0.05, 0) is 199 Å². The highest BCUT2D eigenvalue weighted by Gasteiger charge is 2.37. The van der Waals surface area contributed by atoms with E-state index >= 15 is 0 Å². The standard InChI is InChI=1S/C41H29BrN2.C26H17BrN2.C15H13I/c1-41(2)36-11-7-6-10-31(36)32-18-17-30(25-37(32)41)44-39-20-14-28(42)24-35(39)33-19-21-38-34(40(33)44)22-23-43(38)29-15-12-27(13-16-29)26-8-4-3-5-9-26;27-19-8-12-24-23(16-19)21-11-13-25-22(26(21)28-24)14-15-29(25)20-9-6-18(7-10-20)17-4-2-1-3-5-17;1-15(2)13-6-4-3-5-11(13)12-8-7-10(16)9-14(12)15/h3-25H,1-2H3;1-16,28H;3-9H,1-2H3. The SMILES string of the molecule is Brc1ccc2[nH]c3c(ccc4c3ccn4-c3ccc(-c4ccccc4)cc3)c2c1.CC1(C)c2ccccc2-c2ccc(-n3c4ccc(Br)cc4c4ccc5c(ccn5-c5ccc(-c6ccccc6)cc5)c43)cc21.CC1(C)c2ccccc2-c2ccc(I)cc21. The van der Waals surface area contributed by atoms with E-state index in [1.165, 1.54) is 136 Å². The summed E-state index contributed by atoms with van der Waals surface area (Å²) in [6, 6.07) is 96.6.